The number of aliphatic hydroxyl groups is 1. The zero-order valence-electron chi connectivity index (χ0n) is 7.57. The Hall–Kier alpha value is -0.800. The molecule has 0 saturated heterocycles. The van der Waals surface area contributed by atoms with E-state index in [1.54, 1.807) is 18.4 Å². The monoisotopic (exact) mass is 181 g/mol. The highest BCUT2D eigenvalue weighted by molar-refractivity contribution is 5.02. The third-order valence-corrected chi connectivity index (χ3v) is 2.34. The Morgan fingerprint density at radius 2 is 2.46 bits per heavy atom. The van der Waals surface area contributed by atoms with Gasteiger partial charge in [0.2, 0.25) is 0 Å². The van der Waals surface area contributed by atoms with E-state index in [2.05, 4.69) is 5.32 Å². The maximum Gasteiger partial charge on any atom is 0.133 e. The summed E-state index contributed by atoms with van der Waals surface area (Å²) >= 11 is 0. The average molecular weight is 181 g/mol. The number of furan rings is 1. The summed E-state index contributed by atoms with van der Waals surface area (Å²) in [6.45, 7) is 1.61. The van der Waals surface area contributed by atoms with Crippen molar-refractivity contribution >= 4 is 0 Å². The SMILES string of the molecule is OC(CNCC1CC1)c1ccco1. The van der Waals surface area contributed by atoms with E-state index < -0.39 is 6.10 Å². The third kappa shape index (κ3) is 2.57. The fourth-order valence-electron chi connectivity index (χ4n) is 1.33. The fraction of sp³-hybridized carbons (Fsp3) is 0.600. The minimum atomic E-state index is -0.506. The molecule has 1 atom stereocenters. The van der Waals surface area contributed by atoms with Crippen LogP contribution in [0.1, 0.15) is 24.7 Å². The van der Waals surface area contributed by atoms with E-state index >= 15 is 0 Å². The Bertz CT molecular complexity index is 241. The first-order chi connectivity index (χ1) is 6.36. The lowest BCUT2D eigenvalue weighted by atomic mass is 10.2. The first-order valence-electron chi connectivity index (χ1n) is 4.78. The highest BCUT2D eigenvalue weighted by Crippen LogP contribution is 2.27. The molecule has 3 heteroatoms. The van der Waals surface area contributed by atoms with E-state index in [0.717, 1.165) is 12.5 Å². The van der Waals surface area contributed by atoms with E-state index in [-0.39, 0.29) is 0 Å². The Balaban J connectivity index is 1.68. The van der Waals surface area contributed by atoms with E-state index in [1.165, 1.54) is 12.8 Å². The van der Waals surface area contributed by atoms with Crippen molar-refractivity contribution < 1.29 is 9.52 Å². The minimum Gasteiger partial charge on any atom is -0.467 e. The Kier molecular flexibility index (Phi) is 2.66. The molecular formula is C10H15NO2. The molecule has 0 radical (unpaired) electrons. The van der Waals surface area contributed by atoms with Crippen molar-refractivity contribution in [1.82, 2.24) is 5.32 Å². The van der Waals surface area contributed by atoms with Gasteiger partial charge in [0.25, 0.3) is 0 Å². The summed E-state index contributed by atoms with van der Waals surface area (Å²) in [6.07, 6.45) is 3.75. The molecule has 1 aromatic rings. The molecule has 1 aliphatic rings. The average Bonchev–Trinajstić information content (AvgIpc) is 2.80. The molecule has 0 amide bonds. The van der Waals surface area contributed by atoms with Gasteiger partial charge in [-0.1, -0.05) is 0 Å². The van der Waals surface area contributed by atoms with Gasteiger partial charge in [-0.2, -0.15) is 0 Å². The third-order valence-electron chi connectivity index (χ3n) is 2.34. The second-order valence-corrected chi connectivity index (χ2v) is 3.63. The molecule has 2 rings (SSSR count). The van der Waals surface area contributed by atoms with Gasteiger partial charge in [-0.05, 0) is 37.4 Å². The van der Waals surface area contributed by atoms with Crippen LogP contribution in [0.3, 0.4) is 0 Å². The summed E-state index contributed by atoms with van der Waals surface area (Å²) in [5, 5.41) is 12.8. The van der Waals surface area contributed by atoms with Crippen molar-refractivity contribution in [3.8, 4) is 0 Å². The molecule has 0 aliphatic heterocycles. The van der Waals surface area contributed by atoms with Gasteiger partial charge in [0, 0.05) is 6.54 Å². The van der Waals surface area contributed by atoms with Gasteiger partial charge in [0.05, 0.1) is 6.26 Å². The Labute approximate surface area is 77.8 Å². The van der Waals surface area contributed by atoms with Crippen LogP contribution in [0, 0.1) is 5.92 Å². The number of rotatable bonds is 5. The van der Waals surface area contributed by atoms with Crippen molar-refractivity contribution in [2.24, 2.45) is 5.92 Å². The van der Waals surface area contributed by atoms with Gasteiger partial charge in [0.15, 0.2) is 0 Å². The predicted octanol–water partition coefficient (Wildman–Crippen LogP) is 1.31. The van der Waals surface area contributed by atoms with Crippen LogP contribution < -0.4 is 5.32 Å². The number of hydrogen-bond acceptors (Lipinski definition) is 3. The molecule has 3 nitrogen and oxygen atoms in total. The van der Waals surface area contributed by atoms with E-state index in [0.29, 0.717) is 12.3 Å². The first-order valence-corrected chi connectivity index (χ1v) is 4.78. The fourth-order valence-corrected chi connectivity index (χ4v) is 1.33. The molecule has 72 valence electrons. The van der Waals surface area contributed by atoms with Crippen molar-refractivity contribution in [3.63, 3.8) is 0 Å². The van der Waals surface area contributed by atoms with Crippen LogP contribution in [0.25, 0.3) is 0 Å². The molecule has 1 aromatic heterocycles. The van der Waals surface area contributed by atoms with Crippen LogP contribution in [-0.4, -0.2) is 18.2 Å². The second kappa shape index (κ2) is 3.94. The Morgan fingerprint density at radius 1 is 1.62 bits per heavy atom. The summed E-state index contributed by atoms with van der Waals surface area (Å²) < 4.78 is 5.08. The predicted molar refractivity (Wildman–Crippen MR) is 49.3 cm³/mol. The van der Waals surface area contributed by atoms with Crippen molar-refractivity contribution in [3.05, 3.63) is 24.2 Å². The van der Waals surface area contributed by atoms with Gasteiger partial charge in [-0.3, -0.25) is 0 Å². The lowest BCUT2D eigenvalue weighted by Crippen LogP contribution is -2.23. The topological polar surface area (TPSA) is 45.4 Å². The number of aliphatic hydroxyl groups excluding tert-OH is 1. The molecule has 1 unspecified atom stereocenters. The van der Waals surface area contributed by atoms with E-state index in [1.807, 2.05) is 0 Å². The molecule has 1 saturated carbocycles. The Morgan fingerprint density at radius 3 is 3.08 bits per heavy atom. The summed E-state index contributed by atoms with van der Waals surface area (Å²) in [5.41, 5.74) is 0. The number of hydrogen-bond donors (Lipinski definition) is 2. The molecule has 1 heterocycles. The standard InChI is InChI=1S/C10H15NO2/c12-9(10-2-1-5-13-10)7-11-6-8-3-4-8/h1-2,5,8-9,11-12H,3-4,6-7H2. The van der Waals surface area contributed by atoms with Gasteiger partial charge >= 0.3 is 0 Å². The summed E-state index contributed by atoms with van der Waals surface area (Å²) in [7, 11) is 0. The normalized spacial score (nSPS) is 18.8. The van der Waals surface area contributed by atoms with Gasteiger partial charge in [0.1, 0.15) is 11.9 Å². The highest BCUT2D eigenvalue weighted by Gasteiger charge is 2.21. The highest BCUT2D eigenvalue weighted by atomic mass is 16.4. The maximum atomic E-state index is 9.59. The lowest BCUT2D eigenvalue weighted by Gasteiger charge is -2.08. The number of nitrogens with one attached hydrogen (secondary N) is 1. The van der Waals surface area contributed by atoms with Crippen LogP contribution in [0.2, 0.25) is 0 Å². The van der Waals surface area contributed by atoms with Crippen molar-refractivity contribution in [2.75, 3.05) is 13.1 Å². The summed E-state index contributed by atoms with van der Waals surface area (Å²) in [6, 6.07) is 3.59. The van der Waals surface area contributed by atoms with Crippen LogP contribution in [0.4, 0.5) is 0 Å². The van der Waals surface area contributed by atoms with Gasteiger partial charge < -0.3 is 14.8 Å². The van der Waals surface area contributed by atoms with E-state index in [9.17, 15) is 5.11 Å². The second-order valence-electron chi connectivity index (χ2n) is 3.63. The summed E-state index contributed by atoms with van der Waals surface area (Å²) in [5.74, 6) is 1.49. The first kappa shape index (κ1) is 8.78. The molecular weight excluding hydrogens is 166 g/mol. The molecule has 0 bridgehead atoms. The maximum absolute atomic E-state index is 9.59. The van der Waals surface area contributed by atoms with Crippen LogP contribution in [-0.2, 0) is 0 Å². The zero-order chi connectivity index (χ0) is 9.10. The molecule has 1 fully saturated rings. The minimum absolute atomic E-state index is 0.506. The van der Waals surface area contributed by atoms with Crippen molar-refractivity contribution in [2.45, 2.75) is 18.9 Å². The molecule has 13 heavy (non-hydrogen) atoms. The molecule has 2 N–H and O–H groups in total. The quantitative estimate of drug-likeness (QED) is 0.720. The smallest absolute Gasteiger partial charge is 0.133 e. The van der Waals surface area contributed by atoms with Crippen LogP contribution in [0.5, 0.6) is 0 Å². The van der Waals surface area contributed by atoms with E-state index in [4.69, 9.17) is 4.42 Å². The van der Waals surface area contributed by atoms with Crippen LogP contribution in [0.15, 0.2) is 22.8 Å². The van der Waals surface area contributed by atoms with Gasteiger partial charge in [-0.15, -0.1) is 0 Å². The molecule has 1 aliphatic carbocycles. The van der Waals surface area contributed by atoms with Gasteiger partial charge in [-0.25, -0.2) is 0 Å². The largest absolute Gasteiger partial charge is 0.467 e. The molecule has 0 spiro atoms. The summed E-state index contributed by atoms with van der Waals surface area (Å²) in [4.78, 5) is 0. The van der Waals surface area contributed by atoms with Crippen LogP contribution >= 0.6 is 0 Å². The zero-order valence-corrected chi connectivity index (χ0v) is 7.57. The van der Waals surface area contributed by atoms with Crippen molar-refractivity contribution in [1.29, 1.82) is 0 Å². The molecule has 0 aromatic carbocycles. The lowest BCUT2D eigenvalue weighted by molar-refractivity contribution is 0.147.